The van der Waals surface area contributed by atoms with Gasteiger partial charge in [0.15, 0.2) is 0 Å². The van der Waals surface area contributed by atoms with Crippen LogP contribution in [-0.4, -0.2) is 20.3 Å². The first-order chi connectivity index (χ1) is 23.7. The van der Waals surface area contributed by atoms with Gasteiger partial charge < -0.3 is 9.80 Å². The molecular weight excluding hydrogens is 605 g/mol. The van der Waals surface area contributed by atoms with Gasteiger partial charge in [0.25, 0.3) is 0 Å². The highest BCUT2D eigenvalue weighted by molar-refractivity contribution is 7.00. The molecule has 48 heavy (non-hydrogen) atoms. The number of para-hydroxylation sites is 3. The maximum atomic E-state index is 4.81. The van der Waals surface area contributed by atoms with E-state index in [0.29, 0.717) is 0 Å². The predicted molar refractivity (Wildman–Crippen MR) is 203 cm³/mol. The summed E-state index contributed by atoms with van der Waals surface area (Å²) >= 11 is 1.28. The van der Waals surface area contributed by atoms with Gasteiger partial charge in [-0.3, -0.25) is 0 Å². The third kappa shape index (κ3) is 5.67. The Balaban J connectivity index is 1.08. The molecule has 0 N–H and O–H groups in total. The molecule has 2 unspecified atom stereocenters. The number of benzene rings is 5. The van der Waals surface area contributed by atoms with Gasteiger partial charge in [-0.15, -0.1) is 0 Å². The van der Waals surface area contributed by atoms with Crippen LogP contribution in [0.25, 0.3) is 27.7 Å². The van der Waals surface area contributed by atoms with Gasteiger partial charge in [-0.05, 0) is 79.4 Å². The molecular formula is C43H36N4S. The molecule has 1 heterocycles. The van der Waals surface area contributed by atoms with Crippen molar-refractivity contribution in [3.63, 3.8) is 0 Å². The van der Waals surface area contributed by atoms with Crippen molar-refractivity contribution in [1.82, 2.24) is 8.75 Å². The second-order valence-electron chi connectivity index (χ2n) is 12.6. The lowest BCUT2D eigenvalue weighted by atomic mass is 9.89. The van der Waals surface area contributed by atoms with Gasteiger partial charge in [0.2, 0.25) is 0 Å². The lowest BCUT2D eigenvalue weighted by molar-refractivity contribution is 0.570. The molecule has 234 valence electrons. The third-order valence-electron chi connectivity index (χ3n) is 9.40. The van der Waals surface area contributed by atoms with E-state index in [0.717, 1.165) is 46.3 Å². The summed E-state index contributed by atoms with van der Waals surface area (Å²) in [5.74, 6) is 0. The molecule has 5 heteroatoms. The maximum absolute atomic E-state index is 4.81. The maximum Gasteiger partial charge on any atom is 0.113 e. The van der Waals surface area contributed by atoms with Gasteiger partial charge in [-0.25, -0.2) is 0 Å². The Morgan fingerprint density at radius 3 is 1.81 bits per heavy atom. The van der Waals surface area contributed by atoms with Crippen LogP contribution in [0.4, 0.5) is 22.7 Å². The van der Waals surface area contributed by atoms with Crippen LogP contribution in [-0.2, 0) is 0 Å². The van der Waals surface area contributed by atoms with Crippen molar-refractivity contribution in [2.24, 2.45) is 0 Å². The summed E-state index contributed by atoms with van der Waals surface area (Å²) in [7, 11) is 0. The van der Waals surface area contributed by atoms with E-state index in [4.69, 9.17) is 8.75 Å². The summed E-state index contributed by atoms with van der Waals surface area (Å²) in [5, 5.41) is 0. The third-order valence-corrected chi connectivity index (χ3v) is 9.93. The van der Waals surface area contributed by atoms with Gasteiger partial charge in [-0.2, -0.15) is 8.75 Å². The number of hydrogen-bond acceptors (Lipinski definition) is 5. The number of allylic oxidation sites excluding steroid dienone is 4. The monoisotopic (exact) mass is 640 g/mol. The fourth-order valence-corrected chi connectivity index (χ4v) is 7.60. The Labute approximate surface area is 286 Å². The van der Waals surface area contributed by atoms with Gasteiger partial charge >= 0.3 is 0 Å². The molecule has 0 radical (unpaired) electrons. The Kier molecular flexibility index (Phi) is 8.05. The van der Waals surface area contributed by atoms with E-state index in [-0.39, 0.29) is 11.6 Å². The van der Waals surface area contributed by atoms with Crippen LogP contribution in [0.5, 0.6) is 0 Å². The molecule has 2 atom stereocenters. The highest BCUT2D eigenvalue weighted by atomic mass is 32.1. The van der Waals surface area contributed by atoms with E-state index in [2.05, 4.69) is 187 Å². The normalized spacial score (nSPS) is 18.5. The lowest BCUT2D eigenvalue weighted by Gasteiger charge is -2.41. The molecule has 0 amide bonds. The molecule has 0 fully saturated rings. The van der Waals surface area contributed by atoms with E-state index < -0.39 is 0 Å². The number of rotatable bonds is 8. The Morgan fingerprint density at radius 1 is 0.646 bits per heavy atom. The zero-order valence-corrected chi connectivity index (χ0v) is 27.7. The minimum atomic E-state index is -0.162. The molecule has 1 aromatic heterocycles. The van der Waals surface area contributed by atoms with Crippen LogP contribution in [0.1, 0.15) is 25.3 Å². The Morgan fingerprint density at radius 2 is 1.23 bits per heavy atom. The molecule has 0 spiro atoms. The molecule has 4 nitrogen and oxygen atoms in total. The van der Waals surface area contributed by atoms with E-state index in [9.17, 15) is 0 Å². The zero-order valence-electron chi connectivity index (χ0n) is 26.9. The summed E-state index contributed by atoms with van der Waals surface area (Å²) in [6.07, 6.45) is 17.6. The summed E-state index contributed by atoms with van der Waals surface area (Å²) in [6, 6.07) is 45.5. The van der Waals surface area contributed by atoms with Crippen LogP contribution in [0.2, 0.25) is 0 Å². The standard InChI is InChI=1S/C43H36N4S/c1-43(30-12-5-13-31-43)47(37-18-10-4-11-19-37)38-26-22-33(23-27-38)40-29-28-39(41-42(40)45-48-44-41)32-20-24-36(25-21-32)46(34-14-6-2-7-15-34)35-16-8-3-9-17-35/h2-24,26-30,36H,25,31H2,1H3. The van der Waals surface area contributed by atoms with Crippen molar-refractivity contribution in [1.29, 1.82) is 0 Å². The number of fused-ring (bicyclic) bond motifs is 1. The Hall–Kier alpha value is -5.52. The van der Waals surface area contributed by atoms with Crippen LogP contribution in [0, 0.1) is 0 Å². The first-order valence-electron chi connectivity index (χ1n) is 16.5. The summed E-state index contributed by atoms with van der Waals surface area (Å²) < 4.78 is 9.61. The van der Waals surface area contributed by atoms with Crippen molar-refractivity contribution in [3.8, 4) is 11.1 Å². The highest BCUT2D eigenvalue weighted by Gasteiger charge is 2.31. The number of aromatic nitrogens is 2. The fraction of sp³-hybridized carbons (Fsp3) is 0.116. The summed E-state index contributed by atoms with van der Waals surface area (Å²) in [6.45, 7) is 2.30. The largest absolute Gasteiger partial charge is 0.334 e. The molecule has 0 saturated carbocycles. The summed E-state index contributed by atoms with van der Waals surface area (Å²) in [4.78, 5) is 4.85. The van der Waals surface area contributed by atoms with E-state index in [1.165, 1.54) is 34.4 Å². The molecule has 6 aromatic rings. The van der Waals surface area contributed by atoms with Gasteiger partial charge in [0.1, 0.15) is 11.0 Å². The molecule has 5 aromatic carbocycles. The molecule has 0 aliphatic heterocycles. The first-order valence-corrected chi connectivity index (χ1v) is 17.2. The molecule has 2 aliphatic rings. The van der Waals surface area contributed by atoms with E-state index in [1.807, 2.05) is 0 Å². The summed E-state index contributed by atoms with van der Waals surface area (Å²) in [5.41, 5.74) is 11.0. The van der Waals surface area contributed by atoms with Crippen molar-refractivity contribution >= 4 is 51.1 Å². The zero-order chi connectivity index (χ0) is 32.3. The van der Waals surface area contributed by atoms with Gasteiger partial charge in [-0.1, -0.05) is 121 Å². The molecule has 8 rings (SSSR count). The van der Waals surface area contributed by atoms with Crippen LogP contribution < -0.4 is 9.80 Å². The number of anilines is 4. The lowest BCUT2D eigenvalue weighted by Crippen LogP contribution is -2.42. The quantitative estimate of drug-likeness (QED) is 0.166. The van der Waals surface area contributed by atoms with Crippen LogP contribution in [0.3, 0.4) is 0 Å². The molecule has 0 saturated heterocycles. The average molecular weight is 641 g/mol. The van der Waals surface area contributed by atoms with Crippen molar-refractivity contribution in [3.05, 3.63) is 175 Å². The fourth-order valence-electron chi connectivity index (χ4n) is 7.03. The second-order valence-corrected chi connectivity index (χ2v) is 13.1. The van der Waals surface area contributed by atoms with Gasteiger partial charge in [0, 0.05) is 33.9 Å². The minimum absolute atomic E-state index is 0.162. The number of nitrogens with zero attached hydrogens (tertiary/aromatic N) is 4. The van der Waals surface area contributed by atoms with Crippen molar-refractivity contribution in [2.45, 2.75) is 31.3 Å². The van der Waals surface area contributed by atoms with E-state index >= 15 is 0 Å². The minimum Gasteiger partial charge on any atom is -0.334 e. The predicted octanol–water partition coefficient (Wildman–Crippen LogP) is 11.3. The van der Waals surface area contributed by atoms with Crippen LogP contribution in [0.15, 0.2) is 170 Å². The van der Waals surface area contributed by atoms with Crippen molar-refractivity contribution < 1.29 is 0 Å². The Bertz CT molecular complexity index is 2110. The van der Waals surface area contributed by atoms with Gasteiger partial charge in [0.05, 0.1) is 23.3 Å². The molecule has 0 bridgehead atoms. The second kappa shape index (κ2) is 12.9. The highest BCUT2D eigenvalue weighted by Crippen LogP contribution is 2.40. The van der Waals surface area contributed by atoms with E-state index in [1.54, 1.807) is 0 Å². The smallest absolute Gasteiger partial charge is 0.113 e. The van der Waals surface area contributed by atoms with Crippen LogP contribution >= 0.6 is 11.7 Å². The number of hydrogen-bond donors (Lipinski definition) is 0. The molecule has 2 aliphatic carbocycles. The first kappa shape index (κ1) is 29.9. The average Bonchev–Trinajstić information content (AvgIpc) is 3.64. The topological polar surface area (TPSA) is 32.3 Å². The van der Waals surface area contributed by atoms with Crippen molar-refractivity contribution in [2.75, 3.05) is 9.80 Å². The SMILES string of the molecule is CC1(N(c2ccccc2)c2ccc(-c3ccc(C4=CCC(N(c5ccccc5)c5ccccc5)C=C4)c4nsnc34)cc2)C=CC=CC1.